The Morgan fingerprint density at radius 2 is 2.19 bits per heavy atom. The standard InChI is InChI=1S/C11H19N3O2/c1-7(8-4-12-5-8)11(16)14-9-2-3-10(15)13-6-9/h7-9,12H,2-6H2,1H3,(H,13,15)(H,14,16). The van der Waals surface area contributed by atoms with Gasteiger partial charge in [0, 0.05) is 24.9 Å². The summed E-state index contributed by atoms with van der Waals surface area (Å²) < 4.78 is 0. The van der Waals surface area contributed by atoms with Crippen molar-refractivity contribution >= 4 is 11.8 Å². The second-order valence-electron chi connectivity index (χ2n) is 4.76. The van der Waals surface area contributed by atoms with E-state index in [1.54, 1.807) is 0 Å². The molecule has 0 aliphatic carbocycles. The molecule has 2 rings (SSSR count). The van der Waals surface area contributed by atoms with Gasteiger partial charge in [0.2, 0.25) is 11.8 Å². The zero-order valence-corrected chi connectivity index (χ0v) is 9.58. The third-order valence-electron chi connectivity index (χ3n) is 3.55. The highest BCUT2D eigenvalue weighted by molar-refractivity contribution is 5.80. The second-order valence-corrected chi connectivity index (χ2v) is 4.76. The van der Waals surface area contributed by atoms with Gasteiger partial charge in [-0.3, -0.25) is 9.59 Å². The fourth-order valence-electron chi connectivity index (χ4n) is 2.07. The summed E-state index contributed by atoms with van der Waals surface area (Å²) in [5, 5.41) is 8.94. The minimum Gasteiger partial charge on any atom is -0.354 e. The van der Waals surface area contributed by atoms with Gasteiger partial charge in [-0.2, -0.15) is 0 Å². The molecule has 0 saturated carbocycles. The van der Waals surface area contributed by atoms with Gasteiger partial charge in [0.1, 0.15) is 0 Å². The Hall–Kier alpha value is -1.10. The number of nitrogens with one attached hydrogen (secondary N) is 3. The van der Waals surface area contributed by atoms with E-state index in [0.717, 1.165) is 19.5 Å². The number of rotatable bonds is 3. The van der Waals surface area contributed by atoms with Crippen LogP contribution < -0.4 is 16.0 Å². The molecule has 0 aromatic rings. The third kappa shape index (κ3) is 2.52. The van der Waals surface area contributed by atoms with Crippen LogP contribution >= 0.6 is 0 Å². The van der Waals surface area contributed by atoms with E-state index in [0.29, 0.717) is 18.9 Å². The van der Waals surface area contributed by atoms with E-state index >= 15 is 0 Å². The lowest BCUT2D eigenvalue weighted by Crippen LogP contribution is -2.53. The quantitative estimate of drug-likeness (QED) is 0.591. The summed E-state index contributed by atoms with van der Waals surface area (Å²) in [4.78, 5) is 22.8. The van der Waals surface area contributed by atoms with E-state index in [-0.39, 0.29) is 23.8 Å². The lowest BCUT2D eigenvalue weighted by Gasteiger charge is -2.33. The topological polar surface area (TPSA) is 70.2 Å². The van der Waals surface area contributed by atoms with Crippen LogP contribution in [0, 0.1) is 11.8 Å². The number of piperidine rings is 1. The van der Waals surface area contributed by atoms with Crippen LogP contribution in [0.2, 0.25) is 0 Å². The summed E-state index contributed by atoms with van der Waals surface area (Å²) in [7, 11) is 0. The van der Waals surface area contributed by atoms with Crippen LogP contribution in [0.3, 0.4) is 0 Å². The van der Waals surface area contributed by atoms with Crippen molar-refractivity contribution < 1.29 is 9.59 Å². The van der Waals surface area contributed by atoms with Crippen LogP contribution in [0.5, 0.6) is 0 Å². The van der Waals surface area contributed by atoms with Gasteiger partial charge in [0.05, 0.1) is 0 Å². The van der Waals surface area contributed by atoms with Crippen molar-refractivity contribution in [3.63, 3.8) is 0 Å². The maximum atomic E-state index is 11.9. The molecule has 16 heavy (non-hydrogen) atoms. The number of carbonyl (C=O) groups excluding carboxylic acids is 2. The van der Waals surface area contributed by atoms with Crippen molar-refractivity contribution in [2.75, 3.05) is 19.6 Å². The van der Waals surface area contributed by atoms with Gasteiger partial charge in [-0.25, -0.2) is 0 Å². The Morgan fingerprint density at radius 1 is 1.44 bits per heavy atom. The fourth-order valence-corrected chi connectivity index (χ4v) is 2.07. The summed E-state index contributed by atoms with van der Waals surface area (Å²) in [5.74, 6) is 0.742. The summed E-state index contributed by atoms with van der Waals surface area (Å²) >= 11 is 0. The van der Waals surface area contributed by atoms with E-state index in [1.807, 2.05) is 6.92 Å². The van der Waals surface area contributed by atoms with E-state index < -0.39 is 0 Å². The maximum absolute atomic E-state index is 11.9. The molecule has 0 spiro atoms. The third-order valence-corrected chi connectivity index (χ3v) is 3.55. The molecule has 0 aromatic heterocycles. The molecule has 2 saturated heterocycles. The molecule has 0 aromatic carbocycles. The molecule has 2 amide bonds. The number of hydrogen-bond acceptors (Lipinski definition) is 3. The van der Waals surface area contributed by atoms with Gasteiger partial charge in [-0.1, -0.05) is 6.92 Å². The molecule has 3 N–H and O–H groups in total. The molecule has 0 bridgehead atoms. The minimum atomic E-state index is 0.0684. The van der Waals surface area contributed by atoms with Gasteiger partial charge in [-0.15, -0.1) is 0 Å². The van der Waals surface area contributed by atoms with E-state index in [1.165, 1.54) is 0 Å². The molecule has 5 nitrogen and oxygen atoms in total. The summed E-state index contributed by atoms with van der Waals surface area (Å²) in [5.41, 5.74) is 0. The maximum Gasteiger partial charge on any atom is 0.223 e. The predicted molar refractivity (Wildman–Crippen MR) is 59.7 cm³/mol. The number of amides is 2. The molecule has 2 aliphatic heterocycles. The highest BCUT2D eigenvalue weighted by Gasteiger charge is 2.30. The molecular formula is C11H19N3O2. The molecule has 2 aliphatic rings. The highest BCUT2D eigenvalue weighted by atomic mass is 16.2. The number of hydrogen-bond donors (Lipinski definition) is 3. The lowest BCUT2D eigenvalue weighted by molar-refractivity contribution is -0.129. The van der Waals surface area contributed by atoms with Crippen molar-refractivity contribution in [2.45, 2.75) is 25.8 Å². The second kappa shape index (κ2) is 4.82. The average molecular weight is 225 g/mol. The average Bonchev–Trinajstić information content (AvgIpc) is 2.19. The summed E-state index contributed by atoms with van der Waals surface area (Å²) in [6.07, 6.45) is 1.28. The predicted octanol–water partition coefficient (Wildman–Crippen LogP) is -0.763. The number of carbonyl (C=O) groups is 2. The molecule has 0 radical (unpaired) electrons. The fraction of sp³-hybridized carbons (Fsp3) is 0.818. The molecule has 2 fully saturated rings. The van der Waals surface area contributed by atoms with Gasteiger partial charge in [-0.05, 0) is 25.4 Å². The SMILES string of the molecule is CC(C(=O)NC1CCC(=O)NC1)C1CNC1. The lowest BCUT2D eigenvalue weighted by atomic mass is 9.88. The zero-order valence-electron chi connectivity index (χ0n) is 9.58. The first-order valence-corrected chi connectivity index (χ1v) is 5.94. The van der Waals surface area contributed by atoms with Crippen LogP contribution in [-0.4, -0.2) is 37.5 Å². The summed E-state index contributed by atoms with van der Waals surface area (Å²) in [6.45, 7) is 4.43. The first-order valence-electron chi connectivity index (χ1n) is 5.94. The van der Waals surface area contributed by atoms with Crippen LogP contribution in [0.4, 0.5) is 0 Å². The largest absolute Gasteiger partial charge is 0.354 e. The van der Waals surface area contributed by atoms with Crippen LogP contribution in [0.15, 0.2) is 0 Å². The van der Waals surface area contributed by atoms with Gasteiger partial charge in [0.15, 0.2) is 0 Å². The minimum absolute atomic E-state index is 0.0684. The van der Waals surface area contributed by atoms with Gasteiger partial charge in [0.25, 0.3) is 0 Å². The molecule has 90 valence electrons. The Balaban J connectivity index is 1.75. The van der Waals surface area contributed by atoms with Crippen molar-refractivity contribution in [3.05, 3.63) is 0 Å². The van der Waals surface area contributed by atoms with Gasteiger partial charge < -0.3 is 16.0 Å². The van der Waals surface area contributed by atoms with E-state index in [4.69, 9.17) is 0 Å². The molecule has 2 heterocycles. The first kappa shape index (κ1) is 11.4. The molecule has 2 unspecified atom stereocenters. The van der Waals surface area contributed by atoms with E-state index in [2.05, 4.69) is 16.0 Å². The Bertz CT molecular complexity index is 279. The monoisotopic (exact) mass is 225 g/mol. The molecule has 5 heteroatoms. The van der Waals surface area contributed by atoms with Crippen LogP contribution in [-0.2, 0) is 9.59 Å². The van der Waals surface area contributed by atoms with Crippen molar-refractivity contribution in [1.82, 2.24) is 16.0 Å². The molecular weight excluding hydrogens is 206 g/mol. The zero-order chi connectivity index (χ0) is 11.5. The van der Waals surface area contributed by atoms with Crippen molar-refractivity contribution in [1.29, 1.82) is 0 Å². The molecule has 2 atom stereocenters. The van der Waals surface area contributed by atoms with Crippen LogP contribution in [0.1, 0.15) is 19.8 Å². The Morgan fingerprint density at radius 3 is 2.69 bits per heavy atom. The Labute approximate surface area is 95.3 Å². The normalized spacial score (nSPS) is 27.8. The van der Waals surface area contributed by atoms with Crippen molar-refractivity contribution in [2.24, 2.45) is 11.8 Å². The summed E-state index contributed by atoms with van der Waals surface area (Å²) in [6, 6.07) is 0.112. The van der Waals surface area contributed by atoms with Crippen LogP contribution in [0.25, 0.3) is 0 Å². The van der Waals surface area contributed by atoms with E-state index in [9.17, 15) is 9.59 Å². The van der Waals surface area contributed by atoms with Gasteiger partial charge >= 0.3 is 0 Å². The Kier molecular flexibility index (Phi) is 3.43. The smallest absolute Gasteiger partial charge is 0.223 e. The van der Waals surface area contributed by atoms with Crippen molar-refractivity contribution in [3.8, 4) is 0 Å². The first-order chi connectivity index (χ1) is 7.66. The highest BCUT2D eigenvalue weighted by Crippen LogP contribution is 2.16.